The van der Waals surface area contributed by atoms with Crippen molar-refractivity contribution < 1.29 is 4.79 Å². The average molecular weight is 318 g/mol. The van der Waals surface area contributed by atoms with Crippen LogP contribution in [0, 0.1) is 6.92 Å². The molecule has 1 aromatic heterocycles. The number of pyridine rings is 1. The lowest BCUT2D eigenvalue weighted by atomic mass is 9.87. The first-order valence-corrected chi connectivity index (χ1v) is 8.12. The second-order valence-corrected chi connectivity index (χ2v) is 7.11. The fraction of sp³-hybridized carbons (Fsp3) is 0.238. The predicted octanol–water partition coefficient (Wildman–Crippen LogP) is 5.09. The van der Waals surface area contributed by atoms with Gasteiger partial charge in [0, 0.05) is 17.1 Å². The van der Waals surface area contributed by atoms with Gasteiger partial charge in [-0.25, -0.2) is 0 Å². The molecule has 0 saturated heterocycles. The molecule has 122 valence electrons. The van der Waals surface area contributed by atoms with Crippen molar-refractivity contribution in [1.82, 2.24) is 4.98 Å². The Morgan fingerprint density at radius 2 is 1.71 bits per heavy atom. The van der Waals surface area contributed by atoms with Gasteiger partial charge in [0.1, 0.15) is 0 Å². The smallest absolute Gasteiger partial charge is 0.255 e. The molecule has 3 rings (SSSR count). The largest absolute Gasteiger partial charge is 0.321 e. The van der Waals surface area contributed by atoms with Crippen molar-refractivity contribution in [2.45, 2.75) is 33.1 Å². The van der Waals surface area contributed by atoms with Crippen LogP contribution in [0.2, 0.25) is 0 Å². The third-order valence-corrected chi connectivity index (χ3v) is 4.23. The maximum atomic E-state index is 12.6. The van der Waals surface area contributed by atoms with E-state index in [2.05, 4.69) is 31.1 Å². The van der Waals surface area contributed by atoms with Crippen LogP contribution in [0.5, 0.6) is 0 Å². The number of carbonyl (C=O) groups is 1. The van der Waals surface area contributed by atoms with Gasteiger partial charge in [0.05, 0.1) is 11.2 Å². The molecule has 2 aromatic carbocycles. The van der Waals surface area contributed by atoms with Crippen molar-refractivity contribution in [3.05, 3.63) is 71.4 Å². The van der Waals surface area contributed by atoms with Crippen molar-refractivity contribution in [1.29, 1.82) is 0 Å². The van der Waals surface area contributed by atoms with E-state index in [0.29, 0.717) is 5.56 Å². The molecule has 3 aromatic rings. The maximum absolute atomic E-state index is 12.6. The van der Waals surface area contributed by atoms with Crippen LogP contribution in [-0.2, 0) is 5.41 Å². The van der Waals surface area contributed by atoms with Crippen LogP contribution >= 0.6 is 0 Å². The van der Waals surface area contributed by atoms with Crippen LogP contribution < -0.4 is 5.32 Å². The van der Waals surface area contributed by atoms with Gasteiger partial charge in [-0.05, 0) is 53.8 Å². The summed E-state index contributed by atoms with van der Waals surface area (Å²) in [5.74, 6) is -0.107. The zero-order chi connectivity index (χ0) is 17.3. The molecule has 0 saturated carbocycles. The van der Waals surface area contributed by atoms with Crippen molar-refractivity contribution >= 4 is 22.5 Å². The molecule has 1 amide bonds. The van der Waals surface area contributed by atoms with E-state index < -0.39 is 0 Å². The number of rotatable bonds is 2. The van der Waals surface area contributed by atoms with Gasteiger partial charge >= 0.3 is 0 Å². The minimum Gasteiger partial charge on any atom is -0.321 e. The highest BCUT2D eigenvalue weighted by atomic mass is 16.1. The first kappa shape index (κ1) is 16.2. The van der Waals surface area contributed by atoms with E-state index in [9.17, 15) is 4.79 Å². The Labute approximate surface area is 142 Å². The van der Waals surface area contributed by atoms with E-state index in [1.807, 2.05) is 55.5 Å². The van der Waals surface area contributed by atoms with Gasteiger partial charge in [0.2, 0.25) is 0 Å². The lowest BCUT2D eigenvalue weighted by molar-refractivity contribution is 0.102. The van der Waals surface area contributed by atoms with Crippen LogP contribution in [0.15, 0.2) is 54.7 Å². The molecule has 0 spiro atoms. The van der Waals surface area contributed by atoms with E-state index in [-0.39, 0.29) is 11.3 Å². The van der Waals surface area contributed by atoms with E-state index in [0.717, 1.165) is 22.2 Å². The van der Waals surface area contributed by atoms with Crippen molar-refractivity contribution in [3.63, 3.8) is 0 Å². The van der Waals surface area contributed by atoms with E-state index >= 15 is 0 Å². The highest BCUT2D eigenvalue weighted by Crippen LogP contribution is 2.26. The van der Waals surface area contributed by atoms with Crippen LogP contribution in [0.25, 0.3) is 10.9 Å². The summed E-state index contributed by atoms with van der Waals surface area (Å²) in [4.78, 5) is 17.0. The number of fused-ring (bicyclic) bond motifs is 1. The standard InChI is InChI=1S/C21H22N2O/c1-14-7-12-18(17-6-5-13-22-19(14)17)23-20(24)15-8-10-16(11-9-15)21(2,3)4/h5-13H,1-4H3,(H,23,24). The number of nitrogens with one attached hydrogen (secondary N) is 1. The highest BCUT2D eigenvalue weighted by Gasteiger charge is 2.15. The minimum atomic E-state index is -0.107. The Kier molecular flexibility index (Phi) is 4.10. The molecular formula is C21H22N2O. The SMILES string of the molecule is Cc1ccc(NC(=O)c2ccc(C(C)(C)C)cc2)c2cccnc12. The number of carbonyl (C=O) groups excluding carboxylic acids is 1. The topological polar surface area (TPSA) is 42.0 Å². The summed E-state index contributed by atoms with van der Waals surface area (Å²) in [5, 5.41) is 3.96. The lowest BCUT2D eigenvalue weighted by Gasteiger charge is -2.19. The Bertz CT molecular complexity index is 890. The summed E-state index contributed by atoms with van der Waals surface area (Å²) >= 11 is 0. The summed E-state index contributed by atoms with van der Waals surface area (Å²) < 4.78 is 0. The third kappa shape index (κ3) is 3.16. The Morgan fingerprint density at radius 3 is 2.38 bits per heavy atom. The summed E-state index contributed by atoms with van der Waals surface area (Å²) in [6.07, 6.45) is 1.77. The fourth-order valence-corrected chi connectivity index (χ4v) is 2.74. The summed E-state index contributed by atoms with van der Waals surface area (Å²) in [6, 6.07) is 15.6. The number of aryl methyl sites for hydroxylation is 1. The number of aromatic nitrogens is 1. The van der Waals surface area contributed by atoms with Crippen LogP contribution in [0.3, 0.4) is 0 Å². The lowest BCUT2D eigenvalue weighted by Crippen LogP contribution is -2.14. The normalized spacial score (nSPS) is 11.5. The zero-order valence-corrected chi connectivity index (χ0v) is 14.6. The molecule has 0 bridgehead atoms. The fourth-order valence-electron chi connectivity index (χ4n) is 2.74. The molecule has 0 aliphatic heterocycles. The molecule has 1 heterocycles. The van der Waals surface area contributed by atoms with E-state index in [4.69, 9.17) is 0 Å². The molecule has 0 radical (unpaired) electrons. The number of anilines is 1. The minimum absolute atomic E-state index is 0.0772. The Balaban J connectivity index is 1.89. The van der Waals surface area contributed by atoms with Gasteiger partial charge in [-0.15, -0.1) is 0 Å². The van der Waals surface area contributed by atoms with Gasteiger partial charge < -0.3 is 5.32 Å². The van der Waals surface area contributed by atoms with Crippen molar-refractivity contribution in [2.24, 2.45) is 0 Å². The van der Waals surface area contributed by atoms with E-state index in [1.165, 1.54) is 5.56 Å². The van der Waals surface area contributed by atoms with Crippen LogP contribution in [0.1, 0.15) is 42.3 Å². The van der Waals surface area contributed by atoms with Gasteiger partial charge in [0.25, 0.3) is 5.91 Å². The van der Waals surface area contributed by atoms with Gasteiger partial charge in [-0.2, -0.15) is 0 Å². The number of hydrogen-bond donors (Lipinski definition) is 1. The van der Waals surface area contributed by atoms with Crippen molar-refractivity contribution in [3.8, 4) is 0 Å². The van der Waals surface area contributed by atoms with Crippen molar-refractivity contribution in [2.75, 3.05) is 5.32 Å². The molecule has 3 heteroatoms. The molecule has 3 nitrogen and oxygen atoms in total. The summed E-state index contributed by atoms with van der Waals surface area (Å²) in [5.41, 5.74) is 4.74. The molecule has 0 aliphatic rings. The molecule has 0 aliphatic carbocycles. The maximum Gasteiger partial charge on any atom is 0.255 e. The first-order chi connectivity index (χ1) is 11.4. The summed E-state index contributed by atoms with van der Waals surface area (Å²) in [6.45, 7) is 8.50. The number of hydrogen-bond acceptors (Lipinski definition) is 2. The summed E-state index contributed by atoms with van der Waals surface area (Å²) in [7, 11) is 0. The molecule has 24 heavy (non-hydrogen) atoms. The third-order valence-electron chi connectivity index (χ3n) is 4.23. The van der Waals surface area contributed by atoms with Gasteiger partial charge in [-0.1, -0.05) is 39.0 Å². The zero-order valence-electron chi connectivity index (χ0n) is 14.6. The molecular weight excluding hydrogens is 296 g/mol. The van der Waals surface area contributed by atoms with Crippen LogP contribution in [0.4, 0.5) is 5.69 Å². The molecule has 0 atom stereocenters. The second kappa shape index (κ2) is 6.08. The number of nitrogens with zero attached hydrogens (tertiary/aromatic N) is 1. The van der Waals surface area contributed by atoms with E-state index in [1.54, 1.807) is 6.20 Å². The van der Waals surface area contributed by atoms with Crippen LogP contribution in [-0.4, -0.2) is 10.9 Å². The quantitative estimate of drug-likeness (QED) is 0.715. The van der Waals surface area contributed by atoms with Gasteiger partial charge in [0.15, 0.2) is 0 Å². The predicted molar refractivity (Wildman–Crippen MR) is 99.6 cm³/mol. The first-order valence-electron chi connectivity index (χ1n) is 8.12. The average Bonchev–Trinajstić information content (AvgIpc) is 2.57. The highest BCUT2D eigenvalue weighted by molar-refractivity contribution is 6.09. The molecule has 1 N–H and O–H groups in total. The monoisotopic (exact) mass is 318 g/mol. The number of benzene rings is 2. The molecule has 0 fully saturated rings. The molecule has 0 unspecified atom stereocenters. The second-order valence-electron chi connectivity index (χ2n) is 7.11. The number of amides is 1. The van der Waals surface area contributed by atoms with Gasteiger partial charge in [-0.3, -0.25) is 9.78 Å². The Hall–Kier alpha value is -2.68. The Morgan fingerprint density at radius 1 is 1.00 bits per heavy atom.